The van der Waals surface area contributed by atoms with E-state index in [9.17, 15) is 4.79 Å². The van der Waals surface area contributed by atoms with Gasteiger partial charge in [0.1, 0.15) is 6.26 Å². The Bertz CT molecular complexity index is 193. The van der Waals surface area contributed by atoms with Crippen LogP contribution < -0.4 is 4.90 Å². The van der Waals surface area contributed by atoms with Gasteiger partial charge in [-0.05, 0) is 6.92 Å². The Kier molecular flexibility index (Phi) is 2.10. The van der Waals surface area contributed by atoms with E-state index in [2.05, 4.69) is 0 Å². The van der Waals surface area contributed by atoms with Crippen LogP contribution in [0.5, 0.6) is 0 Å². The van der Waals surface area contributed by atoms with Crippen molar-refractivity contribution in [2.24, 2.45) is 0 Å². The van der Waals surface area contributed by atoms with Gasteiger partial charge >= 0.3 is 0 Å². The number of amides is 1. The molecule has 0 radical (unpaired) electrons. The molecule has 0 aliphatic heterocycles. The van der Waals surface area contributed by atoms with E-state index in [-0.39, 0.29) is 0 Å². The molecule has 0 spiro atoms. The highest BCUT2D eigenvalue weighted by Gasteiger charge is 2.01. The minimum Gasteiger partial charge on any atom is -0.470 e. The summed E-state index contributed by atoms with van der Waals surface area (Å²) in [5.74, 6) is 0. The molecule has 0 atom stereocenters. The minimum absolute atomic E-state index is 0.670. The van der Waals surface area contributed by atoms with Crippen LogP contribution in [-0.4, -0.2) is 13.0 Å². The van der Waals surface area contributed by atoms with Crippen molar-refractivity contribution in [3.05, 3.63) is 18.6 Å². The molecule has 1 heterocycles. The highest BCUT2D eigenvalue weighted by atomic mass is 16.3. The maximum atomic E-state index is 10.3. The number of hydrogen-bond donors (Lipinski definition) is 0. The summed E-state index contributed by atoms with van der Waals surface area (Å²) in [6.07, 6.45) is 3.87. The Balaban J connectivity index is 2.73. The van der Waals surface area contributed by atoms with Crippen molar-refractivity contribution in [3.8, 4) is 0 Å². The fraction of sp³-hybridized carbons (Fsp3) is 0.286. The molecule has 0 aliphatic rings. The number of hydrogen-bond acceptors (Lipinski definition) is 2. The number of carbonyl (C=O) groups is 1. The van der Waals surface area contributed by atoms with Crippen LogP contribution in [0.1, 0.15) is 6.92 Å². The lowest BCUT2D eigenvalue weighted by atomic mass is 10.4. The fourth-order valence-corrected chi connectivity index (χ4v) is 0.739. The standard InChI is InChI=1S/C7H9NO2/c1-2-8(6-9)7-3-4-10-5-7/h3-6H,2H2,1H3. The Labute approximate surface area is 59.2 Å². The second kappa shape index (κ2) is 3.06. The number of rotatable bonds is 3. The summed E-state index contributed by atoms with van der Waals surface area (Å²) < 4.78 is 4.80. The zero-order valence-corrected chi connectivity index (χ0v) is 5.78. The van der Waals surface area contributed by atoms with Crippen molar-refractivity contribution < 1.29 is 9.21 Å². The molecule has 10 heavy (non-hydrogen) atoms. The summed E-state index contributed by atoms with van der Waals surface area (Å²) in [6, 6.07) is 1.75. The third-order valence-electron chi connectivity index (χ3n) is 1.31. The second-order valence-corrected chi connectivity index (χ2v) is 1.87. The molecule has 0 unspecified atom stereocenters. The normalized spacial score (nSPS) is 9.30. The first-order valence-electron chi connectivity index (χ1n) is 3.12. The fourth-order valence-electron chi connectivity index (χ4n) is 0.739. The third kappa shape index (κ3) is 1.18. The van der Waals surface area contributed by atoms with Crippen LogP contribution in [0.15, 0.2) is 23.0 Å². The molecule has 3 heteroatoms. The Hall–Kier alpha value is -1.25. The Morgan fingerprint density at radius 2 is 2.60 bits per heavy atom. The van der Waals surface area contributed by atoms with Gasteiger partial charge in [0, 0.05) is 12.6 Å². The van der Waals surface area contributed by atoms with E-state index in [0.717, 1.165) is 12.1 Å². The lowest BCUT2D eigenvalue weighted by Crippen LogP contribution is -2.18. The van der Waals surface area contributed by atoms with Crippen molar-refractivity contribution in [1.29, 1.82) is 0 Å². The quantitative estimate of drug-likeness (QED) is 0.591. The van der Waals surface area contributed by atoms with Gasteiger partial charge in [0.15, 0.2) is 0 Å². The predicted molar refractivity (Wildman–Crippen MR) is 37.8 cm³/mol. The van der Waals surface area contributed by atoms with Crippen LogP contribution >= 0.6 is 0 Å². The number of carbonyl (C=O) groups excluding carboxylic acids is 1. The average molecular weight is 139 g/mol. The van der Waals surface area contributed by atoms with E-state index in [4.69, 9.17) is 4.42 Å². The highest BCUT2D eigenvalue weighted by molar-refractivity contribution is 5.73. The van der Waals surface area contributed by atoms with Gasteiger partial charge in [-0.2, -0.15) is 0 Å². The Morgan fingerprint density at radius 3 is 3.00 bits per heavy atom. The number of furan rings is 1. The maximum absolute atomic E-state index is 10.3. The molecule has 1 rings (SSSR count). The van der Waals surface area contributed by atoms with Gasteiger partial charge in [0.2, 0.25) is 6.41 Å². The molecule has 1 aromatic rings. The van der Waals surface area contributed by atoms with Gasteiger partial charge in [0.05, 0.1) is 12.0 Å². The minimum atomic E-state index is 0.670. The van der Waals surface area contributed by atoms with Crippen molar-refractivity contribution in [2.75, 3.05) is 11.4 Å². The summed E-state index contributed by atoms with van der Waals surface area (Å²) >= 11 is 0. The lowest BCUT2D eigenvalue weighted by Gasteiger charge is -2.09. The summed E-state index contributed by atoms with van der Waals surface area (Å²) in [4.78, 5) is 11.9. The summed E-state index contributed by atoms with van der Waals surface area (Å²) in [7, 11) is 0. The molecular formula is C7H9NO2. The van der Waals surface area contributed by atoms with Gasteiger partial charge in [-0.1, -0.05) is 0 Å². The zero-order chi connectivity index (χ0) is 7.40. The van der Waals surface area contributed by atoms with Crippen molar-refractivity contribution in [3.63, 3.8) is 0 Å². The van der Waals surface area contributed by atoms with Gasteiger partial charge in [-0.3, -0.25) is 4.79 Å². The zero-order valence-electron chi connectivity index (χ0n) is 5.78. The number of anilines is 1. The van der Waals surface area contributed by atoms with E-state index in [1.165, 1.54) is 6.26 Å². The van der Waals surface area contributed by atoms with Crippen LogP contribution in [0, 0.1) is 0 Å². The molecule has 0 aromatic carbocycles. The molecule has 0 saturated heterocycles. The summed E-state index contributed by atoms with van der Waals surface area (Å²) in [5.41, 5.74) is 0.803. The molecule has 0 bridgehead atoms. The van der Waals surface area contributed by atoms with E-state index >= 15 is 0 Å². The van der Waals surface area contributed by atoms with Gasteiger partial charge in [-0.25, -0.2) is 0 Å². The average Bonchev–Trinajstić information content (AvgIpc) is 2.43. The second-order valence-electron chi connectivity index (χ2n) is 1.87. The monoisotopic (exact) mass is 139 g/mol. The van der Waals surface area contributed by atoms with Gasteiger partial charge < -0.3 is 9.32 Å². The van der Waals surface area contributed by atoms with Crippen LogP contribution in [0.25, 0.3) is 0 Å². The Morgan fingerprint density at radius 1 is 1.80 bits per heavy atom. The molecular weight excluding hydrogens is 130 g/mol. The van der Waals surface area contributed by atoms with E-state index < -0.39 is 0 Å². The molecule has 3 nitrogen and oxygen atoms in total. The summed E-state index contributed by atoms with van der Waals surface area (Å²) in [5, 5.41) is 0. The first-order valence-corrected chi connectivity index (χ1v) is 3.12. The largest absolute Gasteiger partial charge is 0.470 e. The van der Waals surface area contributed by atoms with Crippen molar-refractivity contribution in [1.82, 2.24) is 0 Å². The third-order valence-corrected chi connectivity index (χ3v) is 1.31. The van der Waals surface area contributed by atoms with E-state index in [1.54, 1.807) is 17.2 Å². The molecule has 1 amide bonds. The van der Waals surface area contributed by atoms with Gasteiger partial charge in [0.25, 0.3) is 0 Å². The number of nitrogens with zero attached hydrogens (tertiary/aromatic N) is 1. The van der Waals surface area contributed by atoms with E-state index in [0.29, 0.717) is 6.54 Å². The van der Waals surface area contributed by atoms with E-state index in [1.807, 2.05) is 6.92 Å². The molecule has 0 aliphatic carbocycles. The first kappa shape index (κ1) is 6.86. The summed E-state index contributed by atoms with van der Waals surface area (Å²) in [6.45, 7) is 2.57. The van der Waals surface area contributed by atoms with Crippen LogP contribution in [0.4, 0.5) is 5.69 Å². The SMILES string of the molecule is CCN(C=O)c1ccoc1. The van der Waals surface area contributed by atoms with Crippen LogP contribution in [0.3, 0.4) is 0 Å². The van der Waals surface area contributed by atoms with Gasteiger partial charge in [-0.15, -0.1) is 0 Å². The first-order chi connectivity index (χ1) is 4.88. The molecule has 0 N–H and O–H groups in total. The highest BCUT2D eigenvalue weighted by Crippen LogP contribution is 2.11. The predicted octanol–water partition coefficient (Wildman–Crippen LogP) is 1.26. The van der Waals surface area contributed by atoms with Crippen molar-refractivity contribution >= 4 is 12.1 Å². The molecule has 1 aromatic heterocycles. The smallest absolute Gasteiger partial charge is 0.214 e. The van der Waals surface area contributed by atoms with Crippen molar-refractivity contribution in [2.45, 2.75) is 6.92 Å². The molecule has 0 saturated carbocycles. The van der Waals surface area contributed by atoms with Crippen LogP contribution in [-0.2, 0) is 4.79 Å². The maximum Gasteiger partial charge on any atom is 0.214 e. The lowest BCUT2D eigenvalue weighted by molar-refractivity contribution is -0.107. The van der Waals surface area contributed by atoms with Crippen LogP contribution in [0.2, 0.25) is 0 Å². The molecule has 0 fully saturated rings. The molecule has 54 valence electrons. The topological polar surface area (TPSA) is 33.5 Å².